The lowest BCUT2D eigenvalue weighted by atomic mass is 10.0. The summed E-state index contributed by atoms with van der Waals surface area (Å²) in [6.45, 7) is 3.67. The van der Waals surface area contributed by atoms with Gasteiger partial charge in [0.2, 0.25) is 5.91 Å². The zero-order valence-electron chi connectivity index (χ0n) is 10.9. The zero-order chi connectivity index (χ0) is 12.6. The Morgan fingerprint density at radius 1 is 1.31 bits per heavy atom. The van der Waals surface area contributed by atoms with E-state index in [1.54, 1.807) is 11.9 Å². The van der Waals surface area contributed by atoms with Crippen molar-refractivity contribution in [2.75, 3.05) is 34.2 Å². The van der Waals surface area contributed by atoms with Crippen molar-refractivity contribution < 1.29 is 4.79 Å². The number of carbonyl (C=O) groups is 1. The van der Waals surface area contributed by atoms with Crippen LogP contribution >= 0.6 is 0 Å². The largest absolute Gasteiger partial charge is 0.345 e. The summed E-state index contributed by atoms with van der Waals surface area (Å²) in [5, 5.41) is 8.88. The van der Waals surface area contributed by atoms with Gasteiger partial charge < -0.3 is 9.80 Å². The first-order valence-electron chi connectivity index (χ1n) is 5.82. The highest BCUT2D eigenvalue weighted by molar-refractivity contribution is 5.80. The van der Waals surface area contributed by atoms with E-state index in [0.29, 0.717) is 6.42 Å². The van der Waals surface area contributed by atoms with Gasteiger partial charge in [-0.05, 0) is 33.5 Å². The highest BCUT2D eigenvalue weighted by Gasteiger charge is 2.20. The molecule has 0 saturated carbocycles. The molecule has 0 aliphatic carbocycles. The van der Waals surface area contributed by atoms with Crippen molar-refractivity contribution in [3.63, 3.8) is 0 Å². The molecule has 4 nitrogen and oxygen atoms in total. The standard InChI is InChI=1S/C12H23N3O/c1-5-7-11(10-13)12(16)15(4)9-6-8-14(2)3/h11H,5-9H2,1-4H3. The Bertz CT molecular complexity index is 245. The van der Waals surface area contributed by atoms with E-state index in [9.17, 15) is 4.79 Å². The maximum atomic E-state index is 11.8. The van der Waals surface area contributed by atoms with Crippen LogP contribution in [0, 0.1) is 17.2 Å². The molecule has 0 aromatic heterocycles. The van der Waals surface area contributed by atoms with Crippen molar-refractivity contribution in [1.29, 1.82) is 5.26 Å². The second-order valence-electron chi connectivity index (χ2n) is 4.39. The molecule has 0 rings (SSSR count). The molecule has 0 N–H and O–H groups in total. The average Bonchev–Trinajstić information content (AvgIpc) is 2.24. The highest BCUT2D eigenvalue weighted by Crippen LogP contribution is 2.08. The molecule has 0 bridgehead atoms. The van der Waals surface area contributed by atoms with E-state index in [1.807, 2.05) is 21.0 Å². The van der Waals surface area contributed by atoms with Crippen LogP contribution in [0.25, 0.3) is 0 Å². The lowest BCUT2D eigenvalue weighted by Crippen LogP contribution is -2.34. The van der Waals surface area contributed by atoms with Crippen molar-refractivity contribution in [3.05, 3.63) is 0 Å². The number of rotatable bonds is 7. The summed E-state index contributed by atoms with van der Waals surface area (Å²) in [5.74, 6) is -0.502. The van der Waals surface area contributed by atoms with Crippen molar-refractivity contribution in [2.45, 2.75) is 26.2 Å². The second kappa shape index (κ2) is 8.12. The predicted octanol–water partition coefficient (Wildman–Crippen LogP) is 1.34. The van der Waals surface area contributed by atoms with Crippen LogP contribution in [0.1, 0.15) is 26.2 Å². The van der Waals surface area contributed by atoms with Gasteiger partial charge in [-0.2, -0.15) is 5.26 Å². The molecule has 0 spiro atoms. The third-order valence-corrected chi connectivity index (χ3v) is 2.51. The van der Waals surface area contributed by atoms with Gasteiger partial charge in [0.1, 0.15) is 5.92 Å². The van der Waals surface area contributed by atoms with E-state index in [2.05, 4.69) is 11.0 Å². The fourth-order valence-corrected chi connectivity index (χ4v) is 1.53. The van der Waals surface area contributed by atoms with Gasteiger partial charge in [-0.1, -0.05) is 13.3 Å². The molecule has 0 saturated heterocycles. The topological polar surface area (TPSA) is 47.3 Å². The van der Waals surface area contributed by atoms with E-state index in [-0.39, 0.29) is 5.91 Å². The molecule has 0 aromatic carbocycles. The third kappa shape index (κ3) is 5.72. The van der Waals surface area contributed by atoms with Gasteiger partial charge in [0, 0.05) is 13.6 Å². The Morgan fingerprint density at radius 3 is 2.38 bits per heavy atom. The van der Waals surface area contributed by atoms with E-state index in [0.717, 1.165) is 25.9 Å². The highest BCUT2D eigenvalue weighted by atomic mass is 16.2. The van der Waals surface area contributed by atoms with E-state index >= 15 is 0 Å². The molecule has 0 aliphatic rings. The van der Waals surface area contributed by atoms with Crippen LogP contribution in [0.2, 0.25) is 0 Å². The first-order valence-corrected chi connectivity index (χ1v) is 5.82. The molecular formula is C12H23N3O. The van der Waals surface area contributed by atoms with E-state index in [4.69, 9.17) is 5.26 Å². The van der Waals surface area contributed by atoms with Gasteiger partial charge in [0.25, 0.3) is 0 Å². The summed E-state index contributed by atoms with van der Waals surface area (Å²) < 4.78 is 0. The number of carbonyl (C=O) groups excluding carboxylic acids is 1. The van der Waals surface area contributed by atoms with Gasteiger partial charge in [-0.3, -0.25) is 4.79 Å². The first-order chi connectivity index (χ1) is 7.52. The minimum Gasteiger partial charge on any atom is -0.345 e. The molecule has 0 fully saturated rings. The van der Waals surface area contributed by atoms with Crippen molar-refractivity contribution >= 4 is 5.91 Å². The summed E-state index contributed by atoms with van der Waals surface area (Å²) in [6.07, 6.45) is 2.47. The Labute approximate surface area is 98.8 Å². The molecule has 1 atom stereocenters. The molecular weight excluding hydrogens is 202 g/mol. The summed E-state index contributed by atoms with van der Waals surface area (Å²) in [4.78, 5) is 15.6. The van der Waals surface area contributed by atoms with Gasteiger partial charge >= 0.3 is 0 Å². The molecule has 0 heterocycles. The van der Waals surface area contributed by atoms with Crippen molar-refractivity contribution in [3.8, 4) is 6.07 Å². The molecule has 4 heteroatoms. The van der Waals surface area contributed by atoms with Crippen LogP contribution < -0.4 is 0 Å². The van der Waals surface area contributed by atoms with Crippen LogP contribution in [0.4, 0.5) is 0 Å². The Balaban J connectivity index is 4.01. The molecule has 0 radical (unpaired) electrons. The van der Waals surface area contributed by atoms with Crippen LogP contribution in [0.15, 0.2) is 0 Å². The molecule has 16 heavy (non-hydrogen) atoms. The maximum absolute atomic E-state index is 11.8. The summed E-state index contributed by atoms with van der Waals surface area (Å²) in [5.41, 5.74) is 0. The van der Waals surface area contributed by atoms with E-state index < -0.39 is 5.92 Å². The number of nitrogens with zero attached hydrogens (tertiary/aromatic N) is 3. The van der Waals surface area contributed by atoms with Crippen LogP contribution in [-0.4, -0.2) is 49.9 Å². The molecule has 92 valence electrons. The molecule has 0 aliphatic heterocycles. The lowest BCUT2D eigenvalue weighted by Gasteiger charge is -2.20. The number of hydrogen-bond acceptors (Lipinski definition) is 3. The summed E-state index contributed by atoms with van der Waals surface area (Å²) in [7, 11) is 5.80. The maximum Gasteiger partial charge on any atom is 0.239 e. The zero-order valence-corrected chi connectivity index (χ0v) is 10.9. The SMILES string of the molecule is CCCC(C#N)C(=O)N(C)CCCN(C)C. The molecule has 1 unspecified atom stereocenters. The quantitative estimate of drug-likeness (QED) is 0.657. The Kier molecular flexibility index (Phi) is 7.57. The summed E-state index contributed by atoms with van der Waals surface area (Å²) in [6, 6.07) is 2.08. The van der Waals surface area contributed by atoms with Crippen molar-refractivity contribution in [2.24, 2.45) is 5.92 Å². The minimum atomic E-state index is -0.464. The smallest absolute Gasteiger partial charge is 0.239 e. The average molecular weight is 225 g/mol. The third-order valence-electron chi connectivity index (χ3n) is 2.51. The van der Waals surface area contributed by atoms with E-state index in [1.165, 1.54) is 0 Å². The van der Waals surface area contributed by atoms with Gasteiger partial charge in [0.05, 0.1) is 6.07 Å². The van der Waals surface area contributed by atoms with Crippen molar-refractivity contribution in [1.82, 2.24) is 9.80 Å². The lowest BCUT2D eigenvalue weighted by molar-refractivity contribution is -0.132. The monoisotopic (exact) mass is 225 g/mol. The number of amides is 1. The molecule has 0 aromatic rings. The van der Waals surface area contributed by atoms with Gasteiger partial charge in [0.15, 0.2) is 0 Å². The van der Waals surface area contributed by atoms with Crippen LogP contribution in [-0.2, 0) is 4.79 Å². The summed E-state index contributed by atoms with van der Waals surface area (Å²) >= 11 is 0. The van der Waals surface area contributed by atoms with Gasteiger partial charge in [-0.15, -0.1) is 0 Å². The second-order valence-corrected chi connectivity index (χ2v) is 4.39. The molecule has 1 amide bonds. The normalized spacial score (nSPS) is 12.2. The van der Waals surface area contributed by atoms with Gasteiger partial charge in [-0.25, -0.2) is 0 Å². The number of hydrogen-bond donors (Lipinski definition) is 0. The van der Waals surface area contributed by atoms with Crippen LogP contribution in [0.3, 0.4) is 0 Å². The van der Waals surface area contributed by atoms with Crippen LogP contribution in [0.5, 0.6) is 0 Å². The Hall–Kier alpha value is -1.08. The minimum absolute atomic E-state index is 0.0388. The fraction of sp³-hybridized carbons (Fsp3) is 0.833. The number of nitriles is 1. The first kappa shape index (κ1) is 14.9. The Morgan fingerprint density at radius 2 is 1.94 bits per heavy atom. The predicted molar refractivity (Wildman–Crippen MR) is 64.8 cm³/mol. The fourth-order valence-electron chi connectivity index (χ4n) is 1.53.